The first-order chi connectivity index (χ1) is 11.0. The van der Waals surface area contributed by atoms with Crippen LogP contribution in [0.25, 0.3) is 0 Å². The number of hydrogen-bond acceptors (Lipinski definition) is 2. The molecule has 1 aromatic carbocycles. The van der Waals surface area contributed by atoms with Crippen LogP contribution < -0.4 is 5.32 Å². The normalized spacial score (nSPS) is 23.3. The first-order valence-corrected chi connectivity index (χ1v) is 8.29. The molecule has 1 N–H and O–H groups in total. The van der Waals surface area contributed by atoms with Crippen LogP contribution in [0.1, 0.15) is 37.8 Å². The second kappa shape index (κ2) is 6.83. The molecular formula is C17H23F2N3O. The summed E-state index contributed by atoms with van der Waals surface area (Å²) in [6.45, 7) is 5.41. The number of amides is 2. The fourth-order valence-electron chi connectivity index (χ4n) is 3.54. The Bertz CT molecular complexity index is 575. The number of nitrogens with one attached hydrogen (secondary N) is 1. The van der Waals surface area contributed by atoms with Crippen LogP contribution in [0.15, 0.2) is 18.2 Å². The third-order valence-corrected chi connectivity index (χ3v) is 4.88. The molecule has 4 nitrogen and oxygen atoms in total. The quantitative estimate of drug-likeness (QED) is 0.928. The van der Waals surface area contributed by atoms with Gasteiger partial charge in [0.05, 0.1) is 6.04 Å². The molecule has 2 aliphatic heterocycles. The van der Waals surface area contributed by atoms with Crippen molar-refractivity contribution in [3.05, 3.63) is 35.4 Å². The number of carbonyl (C=O) groups excluding carboxylic acids is 1. The maximum atomic E-state index is 13.8. The Hall–Kier alpha value is -1.69. The molecule has 6 heteroatoms. The monoisotopic (exact) mass is 323 g/mol. The first-order valence-electron chi connectivity index (χ1n) is 8.29. The van der Waals surface area contributed by atoms with E-state index in [1.54, 1.807) is 11.8 Å². The van der Waals surface area contributed by atoms with Gasteiger partial charge < -0.3 is 10.2 Å². The summed E-state index contributed by atoms with van der Waals surface area (Å²) >= 11 is 0. The maximum Gasteiger partial charge on any atom is 0.317 e. The molecule has 0 radical (unpaired) electrons. The van der Waals surface area contributed by atoms with Crippen molar-refractivity contribution in [2.24, 2.45) is 0 Å². The lowest BCUT2D eigenvalue weighted by molar-refractivity contribution is 0.195. The lowest BCUT2D eigenvalue weighted by Gasteiger charge is -2.25. The molecule has 2 saturated heterocycles. The zero-order valence-corrected chi connectivity index (χ0v) is 13.4. The van der Waals surface area contributed by atoms with Gasteiger partial charge in [0.15, 0.2) is 0 Å². The van der Waals surface area contributed by atoms with E-state index in [0.29, 0.717) is 11.6 Å². The predicted octanol–water partition coefficient (Wildman–Crippen LogP) is 2.91. The lowest BCUT2D eigenvalue weighted by atomic mass is 10.1. The van der Waals surface area contributed by atoms with Crippen molar-refractivity contribution in [3.63, 3.8) is 0 Å². The van der Waals surface area contributed by atoms with Crippen LogP contribution in [0.3, 0.4) is 0 Å². The average Bonchev–Trinajstić information content (AvgIpc) is 3.18. The van der Waals surface area contributed by atoms with Crippen molar-refractivity contribution >= 4 is 6.03 Å². The highest BCUT2D eigenvalue weighted by Gasteiger charge is 2.32. The van der Waals surface area contributed by atoms with Crippen LogP contribution in [0.5, 0.6) is 0 Å². The highest BCUT2D eigenvalue weighted by atomic mass is 19.1. The first kappa shape index (κ1) is 16.2. The minimum absolute atomic E-state index is 0.178. The molecule has 126 valence electrons. The van der Waals surface area contributed by atoms with Crippen LogP contribution in [0.2, 0.25) is 0 Å². The third kappa shape index (κ3) is 3.63. The van der Waals surface area contributed by atoms with E-state index in [1.807, 2.05) is 0 Å². The van der Waals surface area contributed by atoms with E-state index < -0.39 is 17.7 Å². The van der Waals surface area contributed by atoms with E-state index in [9.17, 15) is 13.6 Å². The van der Waals surface area contributed by atoms with Crippen molar-refractivity contribution in [1.29, 1.82) is 0 Å². The molecule has 2 heterocycles. The standard InChI is InChI=1S/C17H23F2N3O/c1-12(15-5-4-13(18)10-16(15)19)20-17(23)22-9-6-14(11-22)21-7-2-3-8-21/h4-5,10,12,14H,2-3,6-9,11H2,1H3,(H,20,23)/t12-,14+/m1/s1. The molecule has 0 bridgehead atoms. The molecule has 23 heavy (non-hydrogen) atoms. The average molecular weight is 323 g/mol. The van der Waals surface area contributed by atoms with Crippen molar-refractivity contribution in [2.45, 2.75) is 38.3 Å². The Morgan fingerprint density at radius 1 is 1.26 bits per heavy atom. The molecule has 0 saturated carbocycles. The van der Waals surface area contributed by atoms with Gasteiger partial charge in [-0.05, 0) is 45.3 Å². The van der Waals surface area contributed by atoms with Crippen molar-refractivity contribution in [3.8, 4) is 0 Å². The topological polar surface area (TPSA) is 35.6 Å². The number of nitrogens with zero attached hydrogens (tertiary/aromatic N) is 2. The second-order valence-corrected chi connectivity index (χ2v) is 6.47. The zero-order chi connectivity index (χ0) is 16.4. The smallest absolute Gasteiger partial charge is 0.317 e. The van der Waals surface area contributed by atoms with Gasteiger partial charge in [0.25, 0.3) is 0 Å². The summed E-state index contributed by atoms with van der Waals surface area (Å²) in [5.41, 5.74) is 0.301. The molecular weight excluding hydrogens is 300 g/mol. The fourth-order valence-corrected chi connectivity index (χ4v) is 3.54. The summed E-state index contributed by atoms with van der Waals surface area (Å²) < 4.78 is 26.8. The number of benzene rings is 1. The Morgan fingerprint density at radius 2 is 2.00 bits per heavy atom. The van der Waals surface area contributed by atoms with Gasteiger partial charge in [0.2, 0.25) is 0 Å². The van der Waals surface area contributed by atoms with E-state index >= 15 is 0 Å². The summed E-state index contributed by atoms with van der Waals surface area (Å²) in [6, 6.07) is 3.21. The summed E-state index contributed by atoms with van der Waals surface area (Å²) in [4.78, 5) is 16.6. The van der Waals surface area contributed by atoms with Crippen molar-refractivity contribution < 1.29 is 13.6 Å². The van der Waals surface area contributed by atoms with E-state index in [-0.39, 0.29) is 6.03 Å². The summed E-state index contributed by atoms with van der Waals surface area (Å²) in [5, 5.41) is 2.82. The Labute approximate surface area is 135 Å². The van der Waals surface area contributed by atoms with Gasteiger partial charge in [-0.3, -0.25) is 4.90 Å². The number of hydrogen-bond donors (Lipinski definition) is 1. The van der Waals surface area contributed by atoms with E-state index in [0.717, 1.165) is 38.7 Å². The molecule has 2 aliphatic rings. The lowest BCUT2D eigenvalue weighted by Crippen LogP contribution is -2.42. The largest absolute Gasteiger partial charge is 0.331 e. The molecule has 0 aliphatic carbocycles. The molecule has 3 rings (SSSR count). The highest BCUT2D eigenvalue weighted by molar-refractivity contribution is 5.75. The third-order valence-electron chi connectivity index (χ3n) is 4.88. The molecule has 0 spiro atoms. The molecule has 1 aromatic rings. The summed E-state index contributed by atoms with van der Waals surface area (Å²) in [7, 11) is 0. The van der Waals surface area contributed by atoms with E-state index in [4.69, 9.17) is 0 Å². The van der Waals surface area contributed by atoms with Crippen LogP contribution >= 0.6 is 0 Å². The Kier molecular flexibility index (Phi) is 4.80. The van der Waals surface area contributed by atoms with Gasteiger partial charge in [-0.2, -0.15) is 0 Å². The molecule has 2 atom stereocenters. The van der Waals surface area contributed by atoms with Crippen LogP contribution in [0.4, 0.5) is 13.6 Å². The fraction of sp³-hybridized carbons (Fsp3) is 0.588. The maximum absolute atomic E-state index is 13.8. The molecule has 2 fully saturated rings. The van der Waals surface area contributed by atoms with Crippen molar-refractivity contribution in [2.75, 3.05) is 26.2 Å². The summed E-state index contributed by atoms with van der Waals surface area (Å²) in [5.74, 6) is -1.24. The van der Waals surface area contributed by atoms with E-state index in [2.05, 4.69) is 10.2 Å². The minimum atomic E-state index is -0.630. The highest BCUT2D eigenvalue weighted by Crippen LogP contribution is 2.22. The van der Waals surface area contributed by atoms with Crippen molar-refractivity contribution in [1.82, 2.24) is 15.1 Å². The molecule has 2 amide bonds. The molecule has 0 unspecified atom stereocenters. The summed E-state index contributed by atoms with van der Waals surface area (Å²) in [6.07, 6.45) is 3.47. The van der Waals surface area contributed by atoms with Gasteiger partial charge in [-0.1, -0.05) is 6.07 Å². The SMILES string of the molecule is C[C@@H](NC(=O)N1CC[C@H](N2CCCC2)C1)c1ccc(F)cc1F. The predicted molar refractivity (Wildman–Crippen MR) is 84.1 cm³/mol. The second-order valence-electron chi connectivity index (χ2n) is 6.47. The Balaban J connectivity index is 1.56. The van der Waals surface area contributed by atoms with Crippen LogP contribution in [-0.4, -0.2) is 48.1 Å². The van der Waals surface area contributed by atoms with Gasteiger partial charge in [0.1, 0.15) is 11.6 Å². The number of halogens is 2. The van der Waals surface area contributed by atoms with Gasteiger partial charge in [0, 0.05) is 30.8 Å². The van der Waals surface area contributed by atoms with Gasteiger partial charge in [-0.15, -0.1) is 0 Å². The minimum Gasteiger partial charge on any atom is -0.331 e. The molecule has 0 aromatic heterocycles. The Morgan fingerprint density at radius 3 is 2.70 bits per heavy atom. The van der Waals surface area contributed by atoms with E-state index in [1.165, 1.54) is 25.0 Å². The van der Waals surface area contributed by atoms with Gasteiger partial charge >= 0.3 is 6.03 Å². The number of likely N-dealkylation sites (tertiary alicyclic amines) is 2. The number of carbonyl (C=O) groups is 1. The zero-order valence-electron chi connectivity index (χ0n) is 13.4. The van der Waals surface area contributed by atoms with Crippen LogP contribution in [0, 0.1) is 11.6 Å². The number of urea groups is 1. The van der Waals surface area contributed by atoms with Crippen LogP contribution in [-0.2, 0) is 0 Å². The number of rotatable bonds is 3. The van der Waals surface area contributed by atoms with Gasteiger partial charge in [-0.25, -0.2) is 13.6 Å².